The molecule has 1 unspecified atom stereocenters. The molecule has 0 heterocycles. The molecule has 104 valence electrons. The summed E-state index contributed by atoms with van der Waals surface area (Å²) in [6, 6.07) is 15.7. The second kappa shape index (κ2) is 5.99. The highest BCUT2D eigenvalue weighted by molar-refractivity contribution is 6.30. The molecule has 1 aliphatic carbocycles. The highest BCUT2D eigenvalue weighted by Gasteiger charge is 2.20. The highest BCUT2D eigenvalue weighted by Crippen LogP contribution is 2.25. The normalized spacial score (nSPS) is 17.2. The molecule has 0 aromatic heterocycles. The predicted octanol–water partition coefficient (Wildman–Crippen LogP) is 4.16. The molecule has 0 saturated heterocycles. The van der Waals surface area contributed by atoms with E-state index in [0.717, 1.165) is 30.8 Å². The number of halogens is 1. The van der Waals surface area contributed by atoms with Crippen LogP contribution in [0.1, 0.15) is 29.2 Å². The number of hydrogen-bond acceptors (Lipinski definition) is 1. The maximum Gasteiger partial charge on any atom is 0.0408 e. The lowest BCUT2D eigenvalue weighted by Gasteiger charge is -2.12. The first-order valence-corrected chi connectivity index (χ1v) is 7.71. The van der Waals surface area contributed by atoms with E-state index < -0.39 is 0 Å². The fraction of sp³-hybridized carbons (Fsp3) is 0.333. The second-order valence-corrected chi connectivity index (χ2v) is 6.01. The minimum Gasteiger partial charge on any atom is -0.309 e. The van der Waals surface area contributed by atoms with E-state index in [9.17, 15) is 0 Å². The summed E-state index contributed by atoms with van der Waals surface area (Å²) < 4.78 is 0. The Labute approximate surface area is 126 Å². The summed E-state index contributed by atoms with van der Waals surface area (Å²) in [7, 11) is 0. The molecule has 1 aliphatic rings. The van der Waals surface area contributed by atoms with E-state index in [0.29, 0.717) is 6.04 Å². The van der Waals surface area contributed by atoms with Gasteiger partial charge in [0, 0.05) is 17.6 Å². The summed E-state index contributed by atoms with van der Waals surface area (Å²) in [5, 5.41) is 4.51. The Bertz CT molecular complexity index is 589. The molecule has 1 nitrogen and oxygen atoms in total. The van der Waals surface area contributed by atoms with Gasteiger partial charge in [-0.3, -0.25) is 0 Å². The largest absolute Gasteiger partial charge is 0.309 e. The van der Waals surface area contributed by atoms with E-state index in [1.165, 1.54) is 22.3 Å². The van der Waals surface area contributed by atoms with Crippen molar-refractivity contribution in [1.29, 1.82) is 0 Å². The van der Waals surface area contributed by atoms with Crippen molar-refractivity contribution in [1.82, 2.24) is 5.32 Å². The van der Waals surface area contributed by atoms with Gasteiger partial charge in [0.15, 0.2) is 0 Å². The van der Waals surface area contributed by atoms with Crippen LogP contribution in [0.5, 0.6) is 0 Å². The maximum atomic E-state index is 6.05. The van der Waals surface area contributed by atoms with Crippen molar-refractivity contribution in [3.05, 3.63) is 69.7 Å². The number of benzene rings is 2. The smallest absolute Gasteiger partial charge is 0.0408 e. The number of fused-ring (bicyclic) bond motifs is 1. The molecule has 0 aliphatic heterocycles. The summed E-state index contributed by atoms with van der Waals surface area (Å²) in [6.45, 7) is 3.13. The molecule has 20 heavy (non-hydrogen) atoms. The molecular formula is C18H20ClN. The third-order valence-corrected chi connectivity index (χ3v) is 4.36. The summed E-state index contributed by atoms with van der Waals surface area (Å²) in [4.78, 5) is 0. The van der Waals surface area contributed by atoms with Gasteiger partial charge in [0.25, 0.3) is 0 Å². The van der Waals surface area contributed by atoms with Crippen LogP contribution in [0.4, 0.5) is 0 Å². The fourth-order valence-corrected chi connectivity index (χ4v) is 3.08. The van der Waals surface area contributed by atoms with Gasteiger partial charge < -0.3 is 5.32 Å². The van der Waals surface area contributed by atoms with Crippen molar-refractivity contribution in [3.63, 3.8) is 0 Å². The first-order valence-electron chi connectivity index (χ1n) is 7.33. The lowest BCUT2D eigenvalue weighted by Crippen LogP contribution is -2.28. The Hall–Kier alpha value is -1.31. The minimum atomic E-state index is 0.536. The first-order chi connectivity index (χ1) is 9.74. The van der Waals surface area contributed by atoms with Gasteiger partial charge >= 0.3 is 0 Å². The van der Waals surface area contributed by atoms with Crippen molar-refractivity contribution < 1.29 is 0 Å². The molecular weight excluding hydrogens is 266 g/mol. The highest BCUT2D eigenvalue weighted by atomic mass is 35.5. The van der Waals surface area contributed by atoms with Crippen LogP contribution in [0.25, 0.3) is 0 Å². The summed E-state index contributed by atoms with van der Waals surface area (Å²) in [6.07, 6.45) is 3.30. The van der Waals surface area contributed by atoms with Crippen molar-refractivity contribution >= 4 is 11.6 Å². The van der Waals surface area contributed by atoms with E-state index in [-0.39, 0.29) is 0 Å². The fourth-order valence-electron chi connectivity index (χ4n) is 2.89. The van der Waals surface area contributed by atoms with Crippen LogP contribution in [-0.4, -0.2) is 6.04 Å². The predicted molar refractivity (Wildman–Crippen MR) is 85.3 cm³/mol. The third kappa shape index (κ3) is 3.05. The van der Waals surface area contributed by atoms with Crippen LogP contribution in [0.15, 0.2) is 42.5 Å². The number of nitrogens with one attached hydrogen (secondary N) is 1. The SMILES string of the molecule is CCc1ccc(CNC2Cc3ccc(Cl)cc3C2)cc1. The summed E-state index contributed by atoms with van der Waals surface area (Å²) in [5.74, 6) is 0. The topological polar surface area (TPSA) is 12.0 Å². The van der Waals surface area contributed by atoms with Gasteiger partial charge in [-0.05, 0) is 53.6 Å². The Kier molecular flexibility index (Phi) is 4.09. The molecule has 1 N–H and O–H groups in total. The summed E-state index contributed by atoms with van der Waals surface area (Å²) in [5.41, 5.74) is 5.59. The van der Waals surface area contributed by atoms with Gasteiger partial charge in [0.05, 0.1) is 0 Å². The lowest BCUT2D eigenvalue weighted by molar-refractivity contribution is 0.533. The van der Waals surface area contributed by atoms with Crippen LogP contribution in [0.3, 0.4) is 0 Å². The van der Waals surface area contributed by atoms with E-state index in [4.69, 9.17) is 11.6 Å². The van der Waals surface area contributed by atoms with E-state index in [1.54, 1.807) is 0 Å². The monoisotopic (exact) mass is 285 g/mol. The number of aryl methyl sites for hydroxylation is 1. The van der Waals surface area contributed by atoms with Crippen LogP contribution >= 0.6 is 11.6 Å². The average Bonchev–Trinajstić information content (AvgIpc) is 2.87. The van der Waals surface area contributed by atoms with Crippen molar-refractivity contribution in [2.45, 2.75) is 38.8 Å². The zero-order valence-corrected chi connectivity index (χ0v) is 12.6. The molecule has 1 atom stereocenters. The second-order valence-electron chi connectivity index (χ2n) is 5.57. The number of rotatable bonds is 4. The molecule has 3 rings (SSSR count). The quantitative estimate of drug-likeness (QED) is 0.889. The van der Waals surface area contributed by atoms with Gasteiger partial charge in [-0.25, -0.2) is 0 Å². The van der Waals surface area contributed by atoms with Gasteiger partial charge in [-0.15, -0.1) is 0 Å². The van der Waals surface area contributed by atoms with Gasteiger partial charge in [-0.2, -0.15) is 0 Å². The first kappa shape index (κ1) is 13.7. The molecule has 2 heteroatoms. The van der Waals surface area contributed by atoms with E-state index in [1.807, 2.05) is 6.07 Å². The van der Waals surface area contributed by atoms with Gasteiger partial charge in [0.1, 0.15) is 0 Å². The minimum absolute atomic E-state index is 0.536. The number of hydrogen-bond donors (Lipinski definition) is 1. The Morgan fingerprint density at radius 1 is 1.00 bits per heavy atom. The van der Waals surface area contributed by atoms with Crippen LogP contribution in [0, 0.1) is 0 Å². The Morgan fingerprint density at radius 3 is 2.45 bits per heavy atom. The maximum absolute atomic E-state index is 6.05. The third-order valence-electron chi connectivity index (χ3n) is 4.13. The summed E-state index contributed by atoms with van der Waals surface area (Å²) >= 11 is 6.05. The van der Waals surface area contributed by atoms with E-state index >= 15 is 0 Å². The van der Waals surface area contributed by atoms with Crippen LogP contribution in [0.2, 0.25) is 5.02 Å². The van der Waals surface area contributed by atoms with Crippen molar-refractivity contribution in [2.75, 3.05) is 0 Å². The van der Waals surface area contributed by atoms with E-state index in [2.05, 4.69) is 48.6 Å². The van der Waals surface area contributed by atoms with Gasteiger partial charge in [0.2, 0.25) is 0 Å². The zero-order chi connectivity index (χ0) is 13.9. The molecule has 0 spiro atoms. The lowest BCUT2D eigenvalue weighted by atomic mass is 10.1. The molecule has 0 fully saturated rings. The Balaban J connectivity index is 1.58. The zero-order valence-electron chi connectivity index (χ0n) is 11.8. The standard InChI is InChI=1S/C18H20ClN/c1-2-13-3-5-14(6-4-13)12-20-18-10-15-7-8-17(19)9-16(15)11-18/h3-9,18,20H,2,10-12H2,1H3. The Morgan fingerprint density at radius 2 is 1.70 bits per heavy atom. The average molecular weight is 286 g/mol. The molecule has 0 saturated carbocycles. The molecule has 2 aromatic rings. The molecule has 0 radical (unpaired) electrons. The van der Waals surface area contributed by atoms with Crippen LogP contribution < -0.4 is 5.32 Å². The van der Waals surface area contributed by atoms with Gasteiger partial charge in [-0.1, -0.05) is 48.9 Å². The van der Waals surface area contributed by atoms with Crippen molar-refractivity contribution in [2.24, 2.45) is 0 Å². The molecule has 2 aromatic carbocycles. The molecule has 0 amide bonds. The van der Waals surface area contributed by atoms with Crippen LogP contribution in [-0.2, 0) is 25.8 Å². The molecule has 0 bridgehead atoms. The van der Waals surface area contributed by atoms with Crippen molar-refractivity contribution in [3.8, 4) is 0 Å².